The Balaban J connectivity index is 1.64. The summed E-state index contributed by atoms with van der Waals surface area (Å²) in [7, 11) is 1.83. The van der Waals surface area contributed by atoms with Crippen LogP contribution in [0, 0.1) is 13.8 Å². The third kappa shape index (κ3) is 3.25. The third-order valence-electron chi connectivity index (χ3n) is 5.89. The zero-order valence-electron chi connectivity index (χ0n) is 16.4. The van der Waals surface area contributed by atoms with Crippen LogP contribution in [0.1, 0.15) is 59.1 Å². The number of carbonyl (C=O) groups is 2. The largest absolute Gasteiger partial charge is 0.487 e. The molecule has 2 aromatic rings. The van der Waals surface area contributed by atoms with Crippen LogP contribution >= 0.6 is 0 Å². The third-order valence-corrected chi connectivity index (χ3v) is 5.89. The van der Waals surface area contributed by atoms with E-state index in [-0.39, 0.29) is 17.9 Å². The molecular formula is C21H25N3O4. The van der Waals surface area contributed by atoms with E-state index < -0.39 is 5.60 Å². The molecule has 4 rings (SSSR count). The maximum Gasteiger partial charge on any atom is 0.257 e. The van der Waals surface area contributed by atoms with Crippen LogP contribution in [0.5, 0.6) is 5.75 Å². The van der Waals surface area contributed by atoms with Gasteiger partial charge in [0, 0.05) is 38.4 Å². The van der Waals surface area contributed by atoms with E-state index in [0.717, 1.165) is 17.7 Å². The predicted molar refractivity (Wildman–Crippen MR) is 102 cm³/mol. The van der Waals surface area contributed by atoms with Crippen molar-refractivity contribution in [2.24, 2.45) is 0 Å². The van der Waals surface area contributed by atoms with Crippen molar-refractivity contribution in [2.75, 3.05) is 13.6 Å². The molecule has 7 nitrogen and oxygen atoms in total. The maximum absolute atomic E-state index is 13.0. The molecule has 1 N–H and O–H groups in total. The van der Waals surface area contributed by atoms with Crippen molar-refractivity contribution in [1.82, 2.24) is 15.4 Å². The lowest BCUT2D eigenvalue weighted by Gasteiger charge is -2.42. The van der Waals surface area contributed by atoms with Crippen LogP contribution in [-0.2, 0) is 4.79 Å². The second-order valence-corrected chi connectivity index (χ2v) is 7.82. The number of amides is 2. The molecule has 1 fully saturated rings. The monoisotopic (exact) mass is 383 g/mol. The van der Waals surface area contributed by atoms with Gasteiger partial charge < -0.3 is 19.5 Å². The van der Waals surface area contributed by atoms with E-state index in [1.54, 1.807) is 18.7 Å². The summed E-state index contributed by atoms with van der Waals surface area (Å²) in [5, 5.41) is 7.04. The number of carbonyl (C=O) groups excluding carboxylic acids is 2. The van der Waals surface area contributed by atoms with Crippen molar-refractivity contribution in [1.29, 1.82) is 0 Å². The van der Waals surface area contributed by atoms with Gasteiger partial charge in [-0.3, -0.25) is 9.59 Å². The van der Waals surface area contributed by atoms with Gasteiger partial charge in [-0.05, 0) is 26.3 Å². The van der Waals surface area contributed by atoms with Crippen LogP contribution in [-0.4, -0.2) is 41.1 Å². The van der Waals surface area contributed by atoms with Crippen molar-refractivity contribution < 1.29 is 18.8 Å². The molecule has 1 aromatic heterocycles. The average molecular weight is 383 g/mol. The number of fused-ring (bicyclic) bond motifs is 1. The minimum absolute atomic E-state index is 0.135. The molecule has 2 atom stereocenters. The fourth-order valence-corrected chi connectivity index (χ4v) is 4.24. The number of likely N-dealkylation sites (tertiary alicyclic amines) is 1. The first-order chi connectivity index (χ1) is 13.4. The van der Waals surface area contributed by atoms with E-state index in [2.05, 4.69) is 10.5 Å². The highest BCUT2D eigenvalue weighted by Gasteiger charge is 2.43. The summed E-state index contributed by atoms with van der Waals surface area (Å²) < 4.78 is 11.6. The highest BCUT2D eigenvalue weighted by atomic mass is 16.5. The molecule has 2 aliphatic heterocycles. The summed E-state index contributed by atoms with van der Waals surface area (Å²) in [6, 6.07) is 7.58. The average Bonchev–Trinajstić information content (AvgIpc) is 2.96. The number of hydrogen-bond acceptors (Lipinski definition) is 5. The van der Waals surface area contributed by atoms with E-state index in [1.807, 2.05) is 31.3 Å². The summed E-state index contributed by atoms with van der Waals surface area (Å²) in [5.74, 6) is 1.21. The number of ether oxygens (including phenoxy) is 1. The van der Waals surface area contributed by atoms with E-state index in [1.165, 1.54) is 0 Å². The number of hydrogen-bond donors (Lipinski definition) is 1. The Labute approximate surface area is 164 Å². The molecule has 0 aliphatic carbocycles. The zero-order chi connectivity index (χ0) is 19.9. The normalized spacial score (nSPS) is 24.5. The van der Waals surface area contributed by atoms with Crippen molar-refractivity contribution in [3.63, 3.8) is 0 Å². The molecule has 0 bridgehead atoms. The van der Waals surface area contributed by atoms with E-state index in [0.29, 0.717) is 42.8 Å². The Morgan fingerprint density at radius 1 is 1.29 bits per heavy atom. The maximum atomic E-state index is 13.0. The first kappa shape index (κ1) is 18.5. The highest BCUT2D eigenvalue weighted by Crippen LogP contribution is 2.44. The van der Waals surface area contributed by atoms with Gasteiger partial charge in [0.1, 0.15) is 22.7 Å². The van der Waals surface area contributed by atoms with E-state index in [9.17, 15) is 9.59 Å². The Morgan fingerprint density at radius 3 is 2.82 bits per heavy atom. The van der Waals surface area contributed by atoms with Gasteiger partial charge in [-0.15, -0.1) is 0 Å². The lowest BCUT2D eigenvalue weighted by molar-refractivity contribution is -0.129. The number of nitrogens with one attached hydrogen (secondary N) is 1. The minimum atomic E-state index is -0.467. The summed E-state index contributed by atoms with van der Waals surface area (Å²) >= 11 is 0. The fourth-order valence-electron chi connectivity index (χ4n) is 4.24. The van der Waals surface area contributed by atoms with Crippen molar-refractivity contribution in [3.8, 4) is 5.75 Å². The Kier molecular flexibility index (Phi) is 4.61. The highest BCUT2D eigenvalue weighted by molar-refractivity contribution is 5.96. The van der Waals surface area contributed by atoms with Crippen LogP contribution in [0.4, 0.5) is 0 Å². The van der Waals surface area contributed by atoms with Crippen LogP contribution in [0.25, 0.3) is 0 Å². The van der Waals surface area contributed by atoms with Crippen molar-refractivity contribution in [2.45, 2.75) is 51.2 Å². The van der Waals surface area contributed by atoms with Gasteiger partial charge in [0.15, 0.2) is 0 Å². The van der Waals surface area contributed by atoms with E-state index in [4.69, 9.17) is 9.26 Å². The molecule has 0 unspecified atom stereocenters. The lowest BCUT2D eigenvalue weighted by atomic mass is 9.82. The molecule has 1 spiro atoms. The minimum Gasteiger partial charge on any atom is -0.487 e. The van der Waals surface area contributed by atoms with E-state index >= 15 is 0 Å². The molecule has 28 heavy (non-hydrogen) atoms. The molecule has 2 amide bonds. The summed E-state index contributed by atoms with van der Waals surface area (Å²) in [6.45, 7) is 4.14. The number of aromatic nitrogens is 1. The van der Waals surface area contributed by atoms with Crippen LogP contribution < -0.4 is 10.1 Å². The Morgan fingerprint density at radius 2 is 2.07 bits per heavy atom. The zero-order valence-corrected chi connectivity index (χ0v) is 16.4. The predicted octanol–water partition coefficient (Wildman–Crippen LogP) is 2.93. The van der Waals surface area contributed by atoms with Crippen molar-refractivity contribution in [3.05, 3.63) is 46.8 Å². The fraction of sp³-hybridized carbons (Fsp3) is 0.476. The number of rotatable bonds is 2. The number of nitrogens with zero attached hydrogens (tertiary/aromatic N) is 2. The first-order valence-electron chi connectivity index (χ1n) is 9.64. The van der Waals surface area contributed by atoms with Gasteiger partial charge in [0.25, 0.3) is 5.91 Å². The standard InChI is InChI=1S/C21H25N3O4/c1-13-19(14(2)28-23-13)20(26)22-16-12-21(9-8-18(25)24(3)11-10-21)27-17-7-5-4-6-15(16)17/h4-7,16H,8-12H2,1-3H3,(H,22,26)/t16-,21-/m0/s1. The second-order valence-electron chi connectivity index (χ2n) is 7.82. The molecule has 1 saturated heterocycles. The molecule has 0 radical (unpaired) electrons. The van der Waals surface area contributed by atoms with Crippen LogP contribution in [0.15, 0.2) is 28.8 Å². The van der Waals surface area contributed by atoms with Gasteiger partial charge in [-0.25, -0.2) is 0 Å². The molecule has 148 valence electrons. The topological polar surface area (TPSA) is 84.7 Å². The van der Waals surface area contributed by atoms with Crippen molar-refractivity contribution >= 4 is 11.8 Å². The van der Waals surface area contributed by atoms with Crippen LogP contribution in [0.2, 0.25) is 0 Å². The molecule has 7 heteroatoms. The van der Waals surface area contributed by atoms with Gasteiger partial charge in [0.05, 0.1) is 11.7 Å². The van der Waals surface area contributed by atoms with Gasteiger partial charge in [0.2, 0.25) is 5.91 Å². The van der Waals surface area contributed by atoms with Gasteiger partial charge in [-0.1, -0.05) is 23.4 Å². The van der Waals surface area contributed by atoms with Crippen LogP contribution in [0.3, 0.4) is 0 Å². The Hall–Kier alpha value is -2.83. The van der Waals surface area contributed by atoms with Gasteiger partial charge >= 0.3 is 0 Å². The summed E-state index contributed by atoms with van der Waals surface area (Å²) in [4.78, 5) is 26.9. The molecule has 1 aromatic carbocycles. The Bertz CT molecular complexity index is 903. The molecule has 3 heterocycles. The molecule has 0 saturated carbocycles. The SMILES string of the molecule is Cc1noc(C)c1C(=O)N[C@H]1C[C@@]2(CCC(=O)N(C)CC2)Oc2ccccc21. The number of aryl methyl sites for hydroxylation is 2. The lowest BCUT2D eigenvalue weighted by Crippen LogP contribution is -2.46. The molecular weight excluding hydrogens is 358 g/mol. The number of para-hydroxylation sites is 1. The molecule has 2 aliphatic rings. The summed E-state index contributed by atoms with van der Waals surface area (Å²) in [6.07, 6.45) is 2.45. The second kappa shape index (κ2) is 6.96. The first-order valence-corrected chi connectivity index (χ1v) is 9.64. The summed E-state index contributed by atoms with van der Waals surface area (Å²) in [5.41, 5.74) is 1.54. The smallest absolute Gasteiger partial charge is 0.257 e. The number of benzene rings is 1. The quantitative estimate of drug-likeness (QED) is 0.862. The van der Waals surface area contributed by atoms with Gasteiger partial charge in [-0.2, -0.15) is 0 Å².